The molecule has 0 fully saturated rings. The molecule has 2 heteroatoms. The smallest absolute Gasteiger partial charge is 0.0403 e. The minimum Gasteiger partial charge on any atom is -0.398 e. The highest BCUT2D eigenvalue weighted by molar-refractivity contribution is 6.21. The Morgan fingerprint density at radius 2 is 1.30 bits per heavy atom. The van der Waals surface area contributed by atoms with Crippen LogP contribution in [0, 0.1) is 0 Å². The van der Waals surface area contributed by atoms with Crippen LogP contribution in [-0.4, -0.2) is 4.98 Å². The molecule has 0 aliphatic rings. The number of unbranched alkanes of at least 4 members (excludes halogenated alkanes) is 1. The zero-order chi connectivity index (χ0) is 32.2. The summed E-state index contributed by atoms with van der Waals surface area (Å²) in [5.74, 6) is 0. The van der Waals surface area contributed by atoms with Crippen molar-refractivity contribution in [1.29, 1.82) is 0 Å². The van der Waals surface area contributed by atoms with Gasteiger partial charge in [0.05, 0.1) is 0 Å². The zero-order valence-electron chi connectivity index (χ0n) is 26.8. The Kier molecular flexibility index (Phi) is 8.49. The Hall–Kier alpha value is -5.73. The zero-order valence-corrected chi connectivity index (χ0v) is 26.8. The molecule has 0 amide bonds. The minimum absolute atomic E-state index is 0.659. The van der Waals surface area contributed by atoms with E-state index in [1.165, 1.54) is 67.4 Å². The van der Waals surface area contributed by atoms with Crippen LogP contribution in [0.3, 0.4) is 0 Å². The number of aryl methyl sites for hydroxylation is 1. The van der Waals surface area contributed by atoms with Gasteiger partial charge in [0.25, 0.3) is 0 Å². The third-order valence-corrected chi connectivity index (χ3v) is 9.09. The molecule has 0 aliphatic carbocycles. The Bertz CT molecular complexity index is 2250. The molecule has 6 aromatic carbocycles. The van der Waals surface area contributed by atoms with E-state index < -0.39 is 0 Å². The maximum atomic E-state index is 6.38. The van der Waals surface area contributed by atoms with Gasteiger partial charge in [-0.1, -0.05) is 129 Å². The number of nitrogens with two attached hydrogens (primary N) is 1. The van der Waals surface area contributed by atoms with E-state index in [1.54, 1.807) is 12.4 Å². The monoisotopic (exact) mass is 606 g/mol. The molecular weight excluding hydrogens is 569 g/mol. The van der Waals surface area contributed by atoms with Crippen molar-refractivity contribution in [2.75, 3.05) is 0 Å². The lowest BCUT2D eigenvalue weighted by molar-refractivity contribution is 0.796. The van der Waals surface area contributed by atoms with Crippen molar-refractivity contribution in [2.45, 2.75) is 26.2 Å². The summed E-state index contributed by atoms with van der Waals surface area (Å²) in [6, 6.07) is 44.1. The van der Waals surface area contributed by atoms with E-state index >= 15 is 0 Å². The van der Waals surface area contributed by atoms with Gasteiger partial charge in [-0.05, 0) is 114 Å². The van der Waals surface area contributed by atoms with Gasteiger partial charge >= 0.3 is 0 Å². The SMILES string of the molecule is C=C/C(=C\C=C(/N)c1cccnc1)c1cccc(-c2c3ccccc3c(-c3ccc4cc(CCCC)ccc4c3)c3ccccc23)c1. The third kappa shape index (κ3) is 5.98. The Labute approximate surface area is 277 Å². The number of fused-ring (bicyclic) bond motifs is 3. The summed E-state index contributed by atoms with van der Waals surface area (Å²) in [5.41, 5.74) is 16.3. The summed E-state index contributed by atoms with van der Waals surface area (Å²) in [4.78, 5) is 4.20. The van der Waals surface area contributed by atoms with Gasteiger partial charge < -0.3 is 5.73 Å². The number of allylic oxidation sites excluding steroid dienone is 4. The average Bonchev–Trinajstić information content (AvgIpc) is 3.13. The van der Waals surface area contributed by atoms with Crippen LogP contribution in [0.2, 0.25) is 0 Å². The number of hydrogen-bond donors (Lipinski definition) is 1. The fourth-order valence-electron chi connectivity index (χ4n) is 6.68. The number of rotatable bonds is 9. The molecule has 0 saturated carbocycles. The second-order valence-electron chi connectivity index (χ2n) is 12.1. The van der Waals surface area contributed by atoms with E-state index in [0.717, 1.165) is 28.7 Å². The Balaban J connectivity index is 1.37. The number of nitrogens with zero attached hydrogens (tertiary/aromatic N) is 1. The van der Waals surface area contributed by atoms with Crippen LogP contribution in [0.15, 0.2) is 159 Å². The van der Waals surface area contributed by atoms with Crippen molar-refractivity contribution in [3.8, 4) is 22.3 Å². The minimum atomic E-state index is 0.659. The van der Waals surface area contributed by atoms with Crippen molar-refractivity contribution in [3.05, 3.63) is 175 Å². The quantitative estimate of drug-likeness (QED) is 0.131. The summed E-state index contributed by atoms with van der Waals surface area (Å²) in [5, 5.41) is 7.54. The van der Waals surface area contributed by atoms with E-state index in [2.05, 4.69) is 128 Å². The van der Waals surface area contributed by atoms with E-state index in [9.17, 15) is 0 Å². The predicted molar refractivity (Wildman–Crippen MR) is 203 cm³/mol. The number of aromatic nitrogens is 1. The number of pyridine rings is 1. The molecule has 228 valence electrons. The normalized spacial score (nSPS) is 12.2. The first kappa shape index (κ1) is 30.0. The number of benzene rings is 6. The lowest BCUT2D eigenvalue weighted by Gasteiger charge is -2.18. The summed E-state index contributed by atoms with van der Waals surface area (Å²) in [7, 11) is 0. The third-order valence-electron chi connectivity index (χ3n) is 9.09. The molecule has 47 heavy (non-hydrogen) atoms. The largest absolute Gasteiger partial charge is 0.398 e. The lowest BCUT2D eigenvalue weighted by Crippen LogP contribution is -1.96. The lowest BCUT2D eigenvalue weighted by atomic mass is 9.85. The van der Waals surface area contributed by atoms with Crippen LogP contribution in [0.1, 0.15) is 36.5 Å². The van der Waals surface area contributed by atoms with E-state index in [1.807, 2.05) is 30.4 Å². The maximum Gasteiger partial charge on any atom is 0.0403 e. The summed E-state index contributed by atoms with van der Waals surface area (Å²) < 4.78 is 0. The van der Waals surface area contributed by atoms with Gasteiger partial charge in [0.2, 0.25) is 0 Å². The summed E-state index contributed by atoms with van der Waals surface area (Å²) >= 11 is 0. The first-order chi connectivity index (χ1) is 23.1. The van der Waals surface area contributed by atoms with Crippen molar-refractivity contribution < 1.29 is 0 Å². The fourth-order valence-corrected chi connectivity index (χ4v) is 6.68. The van der Waals surface area contributed by atoms with Crippen molar-refractivity contribution in [2.24, 2.45) is 5.73 Å². The fraction of sp³-hybridized carbons (Fsp3) is 0.0889. The van der Waals surface area contributed by atoms with Gasteiger partial charge in [-0.25, -0.2) is 0 Å². The molecule has 0 aliphatic heterocycles. The summed E-state index contributed by atoms with van der Waals surface area (Å²) in [6.45, 7) is 6.37. The average molecular weight is 607 g/mol. The van der Waals surface area contributed by atoms with Gasteiger partial charge in [0.1, 0.15) is 0 Å². The van der Waals surface area contributed by atoms with Crippen LogP contribution in [0.25, 0.3) is 65.8 Å². The van der Waals surface area contributed by atoms with Gasteiger partial charge in [-0.15, -0.1) is 0 Å². The van der Waals surface area contributed by atoms with Gasteiger partial charge in [-0.2, -0.15) is 0 Å². The number of hydrogen-bond acceptors (Lipinski definition) is 2. The predicted octanol–water partition coefficient (Wildman–Crippen LogP) is 11.8. The van der Waals surface area contributed by atoms with Gasteiger partial charge in [0, 0.05) is 23.7 Å². The van der Waals surface area contributed by atoms with Gasteiger partial charge in [0.15, 0.2) is 0 Å². The molecule has 0 bridgehead atoms. The standard InChI is InChI=1S/C45H38N2/c1-3-5-12-31-20-21-35-29-37(23-22-34(35)27-31)45-41-18-8-6-16-39(41)44(40-17-7-9-19-42(40)45)36-14-10-13-33(28-36)32(4-2)24-25-43(46)38-15-11-26-47-30-38/h4,6-11,13-30H,2-3,5,12,46H2,1H3/b32-24+,43-25-. The second-order valence-corrected chi connectivity index (χ2v) is 12.1. The molecule has 1 aromatic heterocycles. The topological polar surface area (TPSA) is 38.9 Å². The molecule has 2 nitrogen and oxygen atoms in total. The van der Waals surface area contributed by atoms with Crippen LogP contribution in [0.5, 0.6) is 0 Å². The molecule has 0 unspecified atom stereocenters. The molecular formula is C45H38N2. The highest BCUT2D eigenvalue weighted by Crippen LogP contribution is 2.44. The molecule has 0 radical (unpaired) electrons. The second kappa shape index (κ2) is 13.3. The Morgan fingerprint density at radius 3 is 1.94 bits per heavy atom. The molecule has 7 aromatic rings. The van der Waals surface area contributed by atoms with Crippen LogP contribution in [0.4, 0.5) is 0 Å². The molecule has 0 spiro atoms. The van der Waals surface area contributed by atoms with E-state index in [0.29, 0.717) is 5.70 Å². The van der Waals surface area contributed by atoms with Gasteiger partial charge in [-0.3, -0.25) is 4.98 Å². The molecule has 7 rings (SSSR count). The first-order valence-corrected chi connectivity index (χ1v) is 16.4. The first-order valence-electron chi connectivity index (χ1n) is 16.4. The van der Waals surface area contributed by atoms with Crippen molar-refractivity contribution >= 4 is 43.6 Å². The molecule has 2 N–H and O–H groups in total. The summed E-state index contributed by atoms with van der Waals surface area (Å²) in [6.07, 6.45) is 12.9. The maximum absolute atomic E-state index is 6.38. The molecule has 1 heterocycles. The van der Waals surface area contributed by atoms with Crippen molar-refractivity contribution in [3.63, 3.8) is 0 Å². The van der Waals surface area contributed by atoms with Crippen molar-refractivity contribution in [1.82, 2.24) is 4.98 Å². The molecule has 0 atom stereocenters. The highest BCUT2D eigenvalue weighted by Gasteiger charge is 2.17. The van der Waals surface area contributed by atoms with Crippen LogP contribution < -0.4 is 5.73 Å². The van der Waals surface area contributed by atoms with Crippen LogP contribution >= 0.6 is 0 Å². The van der Waals surface area contributed by atoms with Crippen LogP contribution in [-0.2, 0) is 6.42 Å². The molecule has 0 saturated heterocycles. The highest BCUT2D eigenvalue weighted by atomic mass is 14.6. The van der Waals surface area contributed by atoms with E-state index in [4.69, 9.17) is 5.73 Å². The Morgan fingerprint density at radius 1 is 0.660 bits per heavy atom. The van der Waals surface area contributed by atoms with E-state index in [-0.39, 0.29) is 0 Å².